The van der Waals surface area contributed by atoms with Crippen LogP contribution in [-0.4, -0.2) is 43.1 Å². The van der Waals surface area contributed by atoms with Gasteiger partial charge in [0.1, 0.15) is 23.1 Å². The summed E-state index contributed by atoms with van der Waals surface area (Å²) in [6.07, 6.45) is 1.01. The fraction of sp³-hybridized carbons (Fsp3) is 0.500. The predicted molar refractivity (Wildman–Crippen MR) is 188 cm³/mol. The van der Waals surface area contributed by atoms with E-state index in [1.807, 2.05) is 50.2 Å². The molecule has 0 saturated heterocycles. The van der Waals surface area contributed by atoms with Crippen LogP contribution in [-0.2, 0) is 27.2 Å². The van der Waals surface area contributed by atoms with Gasteiger partial charge in [-0.1, -0.05) is 58.9 Å². The van der Waals surface area contributed by atoms with Crippen molar-refractivity contribution in [2.75, 3.05) is 18.5 Å². The molecule has 1 heterocycles. The zero-order valence-electron chi connectivity index (χ0n) is 29.2. The molecule has 2 amide bonds. The van der Waals surface area contributed by atoms with E-state index < -0.39 is 18.2 Å². The van der Waals surface area contributed by atoms with Crippen LogP contribution in [0, 0.1) is 19.8 Å². The Morgan fingerprint density at radius 3 is 2.02 bits per heavy atom. The molecule has 3 unspecified atom stereocenters. The fourth-order valence-corrected chi connectivity index (χ4v) is 7.15. The molecular formula is C38H50N2O6S. The number of carbonyl (C=O) groups excluding carboxylic acids is 3. The number of esters is 1. The van der Waals surface area contributed by atoms with Crippen LogP contribution in [0.2, 0.25) is 0 Å². The van der Waals surface area contributed by atoms with Crippen molar-refractivity contribution in [2.45, 2.75) is 106 Å². The van der Waals surface area contributed by atoms with Gasteiger partial charge in [-0.25, -0.2) is 4.79 Å². The normalized spacial score (nSPS) is 15.5. The van der Waals surface area contributed by atoms with Gasteiger partial charge in [0.15, 0.2) is 12.2 Å². The fourth-order valence-electron chi connectivity index (χ4n) is 5.74. The number of hydrogen-bond acceptors (Lipinski definition) is 7. The molecule has 3 aromatic rings. The van der Waals surface area contributed by atoms with Gasteiger partial charge in [0, 0.05) is 4.88 Å². The molecule has 0 saturated carbocycles. The van der Waals surface area contributed by atoms with Gasteiger partial charge in [-0.3, -0.25) is 9.59 Å². The molecule has 1 aromatic heterocycles. The molecule has 0 fully saturated rings. The van der Waals surface area contributed by atoms with E-state index in [2.05, 4.69) is 45.3 Å². The molecule has 2 N–H and O–H groups in total. The molecule has 254 valence electrons. The average molecular weight is 663 g/mol. The highest BCUT2D eigenvalue weighted by Gasteiger charge is 2.30. The van der Waals surface area contributed by atoms with E-state index >= 15 is 0 Å². The lowest BCUT2D eigenvalue weighted by atomic mass is 9.88. The number of rotatable bonds is 13. The Morgan fingerprint density at radius 2 is 1.45 bits per heavy atom. The number of anilines is 1. The van der Waals surface area contributed by atoms with Crippen LogP contribution in [0.1, 0.15) is 110 Å². The highest BCUT2D eigenvalue weighted by Crippen LogP contribution is 2.40. The van der Waals surface area contributed by atoms with Gasteiger partial charge >= 0.3 is 5.97 Å². The number of hydrogen-bond donors (Lipinski definition) is 2. The Balaban J connectivity index is 1.39. The third-order valence-electron chi connectivity index (χ3n) is 8.50. The predicted octanol–water partition coefficient (Wildman–Crippen LogP) is 7.88. The van der Waals surface area contributed by atoms with Gasteiger partial charge in [0.25, 0.3) is 11.8 Å². The summed E-state index contributed by atoms with van der Waals surface area (Å²) in [6, 6.07) is 12.0. The van der Waals surface area contributed by atoms with Crippen molar-refractivity contribution in [3.63, 3.8) is 0 Å². The molecule has 0 aliphatic heterocycles. The molecular weight excluding hydrogens is 612 g/mol. The summed E-state index contributed by atoms with van der Waals surface area (Å²) in [7, 11) is 0. The highest BCUT2D eigenvalue weighted by molar-refractivity contribution is 7.17. The van der Waals surface area contributed by atoms with E-state index in [0.717, 1.165) is 52.0 Å². The summed E-state index contributed by atoms with van der Waals surface area (Å²) in [5.41, 5.74) is 5.62. The third-order valence-corrected chi connectivity index (χ3v) is 9.67. The highest BCUT2D eigenvalue weighted by atomic mass is 32.1. The van der Waals surface area contributed by atoms with E-state index in [4.69, 9.17) is 14.2 Å². The summed E-state index contributed by atoms with van der Waals surface area (Å²) < 4.78 is 17.6. The average Bonchev–Trinajstić information content (AvgIpc) is 3.35. The summed E-state index contributed by atoms with van der Waals surface area (Å²) in [4.78, 5) is 40.8. The largest absolute Gasteiger partial charge is 0.481 e. The van der Waals surface area contributed by atoms with Crippen LogP contribution >= 0.6 is 11.3 Å². The van der Waals surface area contributed by atoms with E-state index in [1.165, 1.54) is 11.3 Å². The van der Waals surface area contributed by atoms with Gasteiger partial charge in [0.2, 0.25) is 0 Å². The number of fused-ring (bicyclic) bond motifs is 1. The van der Waals surface area contributed by atoms with Gasteiger partial charge in [-0.15, -0.1) is 11.3 Å². The number of benzene rings is 2. The van der Waals surface area contributed by atoms with Gasteiger partial charge < -0.3 is 24.8 Å². The van der Waals surface area contributed by atoms with Crippen LogP contribution in [0.25, 0.3) is 0 Å². The minimum atomic E-state index is -0.807. The van der Waals surface area contributed by atoms with Crippen molar-refractivity contribution in [1.29, 1.82) is 0 Å². The van der Waals surface area contributed by atoms with Gasteiger partial charge in [-0.05, 0) is 105 Å². The standard InChI is InChI=1S/C38H50N2O6S/c1-21(2)28-13-10-23(5)18-31(28)45-26(8)35(41)40-37-34(30-15-12-25(7)20-33(30)47-37)36(42)39-16-17-44-38(43)27(9)46-32-19-24(6)11-14-29(32)22(3)4/h10-11,13-14,18-19,21-22,25-27H,12,15-17,20H2,1-9H3,(H,39,42)(H,40,41). The van der Waals surface area contributed by atoms with E-state index in [9.17, 15) is 14.4 Å². The second kappa shape index (κ2) is 15.8. The number of thiophene rings is 1. The molecule has 1 aliphatic carbocycles. The quantitative estimate of drug-likeness (QED) is 0.143. The molecule has 0 bridgehead atoms. The first-order valence-electron chi connectivity index (χ1n) is 16.7. The zero-order chi connectivity index (χ0) is 34.4. The number of carbonyl (C=O) groups is 3. The number of ether oxygens (including phenoxy) is 3. The molecule has 2 aromatic carbocycles. The van der Waals surface area contributed by atoms with Crippen LogP contribution < -0.4 is 20.1 Å². The van der Waals surface area contributed by atoms with Crippen molar-refractivity contribution in [2.24, 2.45) is 5.92 Å². The molecule has 4 rings (SSSR count). The van der Waals surface area contributed by atoms with Crippen LogP contribution in [0.4, 0.5) is 5.00 Å². The second-order valence-electron chi connectivity index (χ2n) is 13.4. The molecule has 8 nitrogen and oxygen atoms in total. The van der Waals surface area contributed by atoms with Crippen molar-refractivity contribution in [3.05, 3.63) is 74.7 Å². The third kappa shape index (κ3) is 9.15. The molecule has 1 aliphatic rings. The van der Waals surface area contributed by atoms with E-state index in [-0.39, 0.29) is 36.8 Å². The van der Waals surface area contributed by atoms with Crippen LogP contribution in [0.5, 0.6) is 11.5 Å². The summed E-state index contributed by atoms with van der Waals surface area (Å²) >= 11 is 1.46. The summed E-state index contributed by atoms with van der Waals surface area (Å²) in [5, 5.41) is 6.42. The number of nitrogens with one attached hydrogen (secondary N) is 2. The maximum Gasteiger partial charge on any atom is 0.347 e. The molecule has 0 radical (unpaired) electrons. The lowest BCUT2D eigenvalue weighted by Crippen LogP contribution is -2.33. The first kappa shape index (κ1) is 36.0. The Labute approximate surface area is 283 Å². The monoisotopic (exact) mass is 662 g/mol. The smallest absolute Gasteiger partial charge is 0.347 e. The summed E-state index contributed by atoms with van der Waals surface area (Å²) in [5.74, 6) is 1.21. The molecule has 3 atom stereocenters. The lowest BCUT2D eigenvalue weighted by molar-refractivity contribution is -0.150. The first-order valence-corrected chi connectivity index (χ1v) is 17.5. The minimum absolute atomic E-state index is 0.00622. The Morgan fingerprint density at radius 1 is 0.872 bits per heavy atom. The number of amides is 2. The Kier molecular flexibility index (Phi) is 12.1. The topological polar surface area (TPSA) is 103 Å². The minimum Gasteiger partial charge on any atom is -0.481 e. The lowest BCUT2D eigenvalue weighted by Gasteiger charge is -2.20. The summed E-state index contributed by atoms with van der Waals surface area (Å²) in [6.45, 7) is 18.0. The zero-order valence-corrected chi connectivity index (χ0v) is 30.1. The molecule has 9 heteroatoms. The maximum absolute atomic E-state index is 13.6. The maximum atomic E-state index is 13.6. The van der Waals surface area contributed by atoms with Crippen molar-refractivity contribution in [3.8, 4) is 11.5 Å². The van der Waals surface area contributed by atoms with Crippen molar-refractivity contribution in [1.82, 2.24) is 5.32 Å². The number of aryl methyl sites for hydroxylation is 2. The van der Waals surface area contributed by atoms with Crippen LogP contribution in [0.3, 0.4) is 0 Å². The molecule has 47 heavy (non-hydrogen) atoms. The van der Waals surface area contributed by atoms with Gasteiger partial charge in [-0.2, -0.15) is 0 Å². The second-order valence-corrected chi connectivity index (χ2v) is 14.5. The van der Waals surface area contributed by atoms with Crippen molar-refractivity contribution >= 4 is 34.1 Å². The van der Waals surface area contributed by atoms with E-state index in [1.54, 1.807) is 13.8 Å². The van der Waals surface area contributed by atoms with Crippen LogP contribution in [0.15, 0.2) is 36.4 Å². The van der Waals surface area contributed by atoms with Crippen molar-refractivity contribution < 1.29 is 28.6 Å². The molecule has 0 spiro atoms. The Bertz CT molecular complexity index is 1590. The van der Waals surface area contributed by atoms with Gasteiger partial charge in [0.05, 0.1) is 12.1 Å². The first-order chi connectivity index (χ1) is 22.2. The SMILES string of the molecule is Cc1ccc(C(C)C)c(OC(C)C(=O)Nc2sc3c(c2C(=O)NCCOC(=O)C(C)Oc2cc(C)ccc2C(C)C)CCC(C)C3)c1. The van der Waals surface area contributed by atoms with E-state index in [0.29, 0.717) is 28.0 Å². The Hall–Kier alpha value is -3.85.